The van der Waals surface area contributed by atoms with Gasteiger partial charge in [0, 0.05) is 31.8 Å². The van der Waals surface area contributed by atoms with Crippen LogP contribution in [-0.4, -0.2) is 40.1 Å². The molecule has 1 amide bonds. The van der Waals surface area contributed by atoms with Crippen molar-refractivity contribution < 1.29 is 17.9 Å². The summed E-state index contributed by atoms with van der Waals surface area (Å²) >= 11 is 0. The van der Waals surface area contributed by atoms with Gasteiger partial charge in [0.05, 0.1) is 11.5 Å². The Morgan fingerprint density at radius 3 is 2.87 bits per heavy atom. The number of carbonyl (C=O) groups is 1. The predicted octanol–water partition coefficient (Wildman–Crippen LogP) is 1.30. The summed E-state index contributed by atoms with van der Waals surface area (Å²) in [4.78, 5) is 13.7. The van der Waals surface area contributed by atoms with Crippen LogP contribution in [0.25, 0.3) is 0 Å². The molecule has 7 heteroatoms. The zero-order valence-electron chi connectivity index (χ0n) is 13.4. The summed E-state index contributed by atoms with van der Waals surface area (Å²) in [6, 6.07) is 5.04. The maximum atomic E-state index is 12.5. The summed E-state index contributed by atoms with van der Waals surface area (Å²) in [5.74, 6) is 0.221. The standard InChI is InChI=1S/C16H22N2O4S/c1-11-7-14-8-15(3-4-16(14)18(11)12(2)19)23(20,21)17-9-13-5-6-22-10-13/h3-4,8,11,13,17H,5-7,9-10H2,1-2H3. The Kier molecular flexibility index (Phi) is 4.44. The van der Waals surface area contributed by atoms with Crippen LogP contribution in [0.1, 0.15) is 25.8 Å². The second-order valence-corrected chi connectivity index (χ2v) is 8.08. The van der Waals surface area contributed by atoms with Crippen LogP contribution in [0.2, 0.25) is 0 Å². The fourth-order valence-electron chi connectivity index (χ4n) is 3.31. The van der Waals surface area contributed by atoms with Gasteiger partial charge in [0.1, 0.15) is 0 Å². The molecule has 2 unspecified atom stereocenters. The Bertz CT molecular complexity index is 711. The van der Waals surface area contributed by atoms with Gasteiger partial charge in [0.25, 0.3) is 0 Å². The van der Waals surface area contributed by atoms with E-state index in [1.54, 1.807) is 23.1 Å². The van der Waals surface area contributed by atoms with Gasteiger partial charge in [-0.05, 0) is 49.4 Å². The largest absolute Gasteiger partial charge is 0.381 e. The molecule has 0 saturated carbocycles. The number of hydrogen-bond acceptors (Lipinski definition) is 4. The molecule has 2 aliphatic rings. The van der Waals surface area contributed by atoms with Crippen LogP contribution in [0, 0.1) is 5.92 Å². The van der Waals surface area contributed by atoms with E-state index in [9.17, 15) is 13.2 Å². The maximum Gasteiger partial charge on any atom is 0.240 e. The number of ether oxygens (including phenoxy) is 1. The third-order valence-electron chi connectivity index (χ3n) is 4.50. The number of nitrogens with zero attached hydrogens (tertiary/aromatic N) is 1. The fraction of sp³-hybridized carbons (Fsp3) is 0.562. The highest BCUT2D eigenvalue weighted by Crippen LogP contribution is 2.33. The Labute approximate surface area is 136 Å². The van der Waals surface area contributed by atoms with Gasteiger partial charge >= 0.3 is 0 Å². The maximum absolute atomic E-state index is 12.5. The van der Waals surface area contributed by atoms with Gasteiger partial charge in [-0.1, -0.05) is 0 Å². The quantitative estimate of drug-likeness (QED) is 0.898. The van der Waals surface area contributed by atoms with E-state index in [-0.39, 0.29) is 22.8 Å². The SMILES string of the molecule is CC(=O)N1c2ccc(S(=O)(=O)NCC3CCOC3)cc2CC1C. The van der Waals surface area contributed by atoms with Crippen molar-refractivity contribution >= 4 is 21.6 Å². The molecular formula is C16H22N2O4S. The number of hydrogen-bond donors (Lipinski definition) is 1. The molecule has 1 fully saturated rings. The van der Waals surface area contributed by atoms with Gasteiger partial charge in [-0.2, -0.15) is 0 Å². The summed E-state index contributed by atoms with van der Waals surface area (Å²) in [5.41, 5.74) is 1.72. The first-order chi connectivity index (χ1) is 10.9. The second kappa shape index (κ2) is 6.22. The van der Waals surface area contributed by atoms with Crippen LogP contribution in [0.4, 0.5) is 5.69 Å². The lowest BCUT2D eigenvalue weighted by molar-refractivity contribution is -0.116. The molecule has 2 atom stereocenters. The zero-order valence-corrected chi connectivity index (χ0v) is 14.2. The van der Waals surface area contributed by atoms with Crippen LogP contribution in [0.5, 0.6) is 0 Å². The average molecular weight is 338 g/mol. The normalized spacial score (nSPS) is 24.0. The number of sulfonamides is 1. The van der Waals surface area contributed by atoms with E-state index >= 15 is 0 Å². The van der Waals surface area contributed by atoms with Crippen LogP contribution in [0.3, 0.4) is 0 Å². The van der Waals surface area contributed by atoms with Gasteiger partial charge < -0.3 is 9.64 Å². The third-order valence-corrected chi connectivity index (χ3v) is 5.92. The molecule has 0 spiro atoms. The van der Waals surface area contributed by atoms with Crippen molar-refractivity contribution in [1.82, 2.24) is 4.72 Å². The molecule has 1 aromatic carbocycles. The molecule has 1 aromatic rings. The Hall–Kier alpha value is -1.44. The summed E-state index contributed by atoms with van der Waals surface area (Å²) in [6.07, 6.45) is 1.56. The number of nitrogens with one attached hydrogen (secondary N) is 1. The van der Waals surface area contributed by atoms with Crippen molar-refractivity contribution in [3.8, 4) is 0 Å². The first kappa shape index (κ1) is 16.4. The molecule has 6 nitrogen and oxygen atoms in total. The molecular weight excluding hydrogens is 316 g/mol. The molecule has 126 valence electrons. The van der Waals surface area contributed by atoms with Gasteiger partial charge in [-0.25, -0.2) is 13.1 Å². The van der Waals surface area contributed by atoms with Crippen molar-refractivity contribution in [2.75, 3.05) is 24.7 Å². The number of benzene rings is 1. The van der Waals surface area contributed by atoms with E-state index in [2.05, 4.69) is 4.72 Å². The lowest BCUT2D eigenvalue weighted by Gasteiger charge is -2.20. The molecule has 0 bridgehead atoms. The van der Waals surface area contributed by atoms with Gasteiger partial charge in [0.15, 0.2) is 0 Å². The zero-order chi connectivity index (χ0) is 16.6. The highest BCUT2D eigenvalue weighted by atomic mass is 32.2. The molecule has 2 aliphatic heterocycles. The van der Waals surface area contributed by atoms with Crippen molar-refractivity contribution in [3.05, 3.63) is 23.8 Å². The Morgan fingerprint density at radius 1 is 1.43 bits per heavy atom. The minimum atomic E-state index is -3.53. The molecule has 1 saturated heterocycles. The summed E-state index contributed by atoms with van der Waals surface area (Å²) in [6.45, 7) is 5.20. The summed E-state index contributed by atoms with van der Waals surface area (Å²) in [7, 11) is -3.53. The highest BCUT2D eigenvalue weighted by molar-refractivity contribution is 7.89. The van der Waals surface area contributed by atoms with Crippen LogP contribution < -0.4 is 9.62 Å². The lowest BCUT2D eigenvalue weighted by atomic mass is 10.1. The predicted molar refractivity (Wildman–Crippen MR) is 86.9 cm³/mol. The first-order valence-corrected chi connectivity index (χ1v) is 9.37. The Morgan fingerprint density at radius 2 is 2.22 bits per heavy atom. The molecule has 23 heavy (non-hydrogen) atoms. The van der Waals surface area contributed by atoms with Gasteiger partial charge in [-0.15, -0.1) is 0 Å². The molecule has 3 rings (SSSR count). The Balaban J connectivity index is 1.79. The second-order valence-electron chi connectivity index (χ2n) is 6.31. The molecule has 2 heterocycles. The lowest BCUT2D eigenvalue weighted by Crippen LogP contribution is -2.33. The van der Waals surface area contributed by atoms with E-state index in [1.165, 1.54) is 6.92 Å². The number of carbonyl (C=O) groups excluding carboxylic acids is 1. The van der Waals surface area contributed by atoms with Crippen LogP contribution >= 0.6 is 0 Å². The average Bonchev–Trinajstić information content (AvgIpc) is 3.10. The van der Waals surface area contributed by atoms with E-state index in [0.717, 1.165) is 17.7 Å². The third kappa shape index (κ3) is 3.27. The molecule has 0 aromatic heterocycles. The minimum Gasteiger partial charge on any atom is -0.381 e. The van der Waals surface area contributed by atoms with E-state index in [1.807, 2.05) is 6.92 Å². The number of fused-ring (bicyclic) bond motifs is 1. The highest BCUT2D eigenvalue weighted by Gasteiger charge is 2.30. The van der Waals surface area contributed by atoms with Crippen molar-refractivity contribution in [1.29, 1.82) is 0 Å². The number of amides is 1. The van der Waals surface area contributed by atoms with Crippen LogP contribution in [-0.2, 0) is 26.0 Å². The van der Waals surface area contributed by atoms with Crippen molar-refractivity contribution in [2.24, 2.45) is 5.92 Å². The number of rotatable bonds is 4. The fourth-order valence-corrected chi connectivity index (χ4v) is 4.48. The van der Waals surface area contributed by atoms with Crippen molar-refractivity contribution in [3.63, 3.8) is 0 Å². The summed E-state index contributed by atoms with van der Waals surface area (Å²) < 4.78 is 32.8. The first-order valence-electron chi connectivity index (χ1n) is 7.88. The van der Waals surface area contributed by atoms with E-state index in [4.69, 9.17) is 4.74 Å². The van der Waals surface area contributed by atoms with Gasteiger partial charge in [0.2, 0.25) is 15.9 Å². The summed E-state index contributed by atoms with van der Waals surface area (Å²) in [5, 5.41) is 0. The van der Waals surface area contributed by atoms with Crippen LogP contribution in [0.15, 0.2) is 23.1 Å². The smallest absolute Gasteiger partial charge is 0.240 e. The minimum absolute atomic E-state index is 0.0220. The topological polar surface area (TPSA) is 75.7 Å². The molecule has 1 N–H and O–H groups in total. The number of anilines is 1. The van der Waals surface area contributed by atoms with Crippen molar-refractivity contribution in [2.45, 2.75) is 37.6 Å². The van der Waals surface area contributed by atoms with E-state index < -0.39 is 10.0 Å². The van der Waals surface area contributed by atoms with E-state index in [0.29, 0.717) is 26.2 Å². The monoisotopic (exact) mass is 338 g/mol. The van der Waals surface area contributed by atoms with Gasteiger partial charge in [-0.3, -0.25) is 4.79 Å². The molecule has 0 aliphatic carbocycles. The molecule has 0 radical (unpaired) electrons.